The normalized spacial score (nSPS) is 12.5. The number of nitrogens with zero attached hydrogens (tertiary/aromatic N) is 1. The van der Waals surface area contributed by atoms with Gasteiger partial charge in [0.1, 0.15) is 0 Å². The fraction of sp³-hybridized carbons (Fsp3) is 0.0149. The lowest BCUT2D eigenvalue weighted by atomic mass is 9.68. The summed E-state index contributed by atoms with van der Waals surface area (Å²) in [5.41, 5.74) is 17.5. The molecule has 0 radical (unpaired) electrons. The second-order valence-electron chi connectivity index (χ2n) is 17.9. The van der Waals surface area contributed by atoms with Crippen LogP contribution in [-0.2, 0) is 5.41 Å². The second-order valence-corrected chi connectivity index (χ2v) is 17.9. The Morgan fingerprint density at radius 3 is 1.53 bits per heavy atom. The van der Waals surface area contributed by atoms with Gasteiger partial charge in [0, 0.05) is 22.2 Å². The van der Waals surface area contributed by atoms with Gasteiger partial charge in [-0.1, -0.05) is 249 Å². The van der Waals surface area contributed by atoms with Crippen molar-refractivity contribution in [3.05, 3.63) is 295 Å². The molecule has 0 aliphatic heterocycles. The summed E-state index contributed by atoms with van der Waals surface area (Å²) < 4.78 is 0. The van der Waals surface area contributed by atoms with Crippen molar-refractivity contribution in [2.24, 2.45) is 0 Å². The number of hydrogen-bond donors (Lipinski definition) is 0. The van der Waals surface area contributed by atoms with Crippen molar-refractivity contribution in [2.45, 2.75) is 5.41 Å². The van der Waals surface area contributed by atoms with Gasteiger partial charge in [0.25, 0.3) is 0 Å². The zero-order valence-corrected chi connectivity index (χ0v) is 37.4. The van der Waals surface area contributed by atoms with Crippen LogP contribution in [0.15, 0.2) is 273 Å². The first-order chi connectivity index (χ1) is 33.8. The zero-order valence-electron chi connectivity index (χ0n) is 37.4. The summed E-state index contributed by atoms with van der Waals surface area (Å²) in [5.74, 6) is 0. The van der Waals surface area contributed by atoms with E-state index >= 15 is 0 Å². The maximum atomic E-state index is 2.57. The Kier molecular flexibility index (Phi) is 9.47. The van der Waals surface area contributed by atoms with Crippen LogP contribution in [0.25, 0.3) is 76.8 Å². The van der Waals surface area contributed by atoms with Gasteiger partial charge in [-0.15, -0.1) is 0 Å². The van der Waals surface area contributed by atoms with E-state index in [0.29, 0.717) is 0 Å². The van der Waals surface area contributed by atoms with Gasteiger partial charge in [-0.3, -0.25) is 0 Å². The molecule has 13 rings (SSSR count). The predicted molar refractivity (Wildman–Crippen MR) is 287 cm³/mol. The minimum atomic E-state index is -0.511. The number of rotatable bonds is 8. The molecular formula is C67H45N. The average molecular weight is 864 g/mol. The van der Waals surface area contributed by atoms with Crippen LogP contribution in [0.3, 0.4) is 0 Å². The molecule has 0 saturated carbocycles. The molecule has 68 heavy (non-hydrogen) atoms. The molecule has 0 heterocycles. The Morgan fingerprint density at radius 1 is 0.279 bits per heavy atom. The Labute approximate surface area is 397 Å². The summed E-state index contributed by atoms with van der Waals surface area (Å²) in [6.45, 7) is 0. The van der Waals surface area contributed by atoms with Gasteiger partial charge >= 0.3 is 0 Å². The molecule has 12 aromatic rings. The molecule has 0 unspecified atom stereocenters. The molecule has 0 saturated heterocycles. The Morgan fingerprint density at radius 2 is 0.779 bits per heavy atom. The first-order valence-corrected chi connectivity index (χ1v) is 23.6. The quantitative estimate of drug-likeness (QED) is 0.138. The minimum Gasteiger partial charge on any atom is -0.309 e. The molecule has 0 amide bonds. The summed E-state index contributed by atoms with van der Waals surface area (Å²) in [5, 5.41) is 7.31. The van der Waals surface area contributed by atoms with Gasteiger partial charge in [-0.2, -0.15) is 0 Å². The Balaban J connectivity index is 1.15. The van der Waals surface area contributed by atoms with Crippen molar-refractivity contribution in [2.75, 3.05) is 4.90 Å². The molecule has 318 valence electrons. The Bertz CT molecular complexity index is 3810. The molecule has 1 heteroatoms. The summed E-state index contributed by atoms with van der Waals surface area (Å²) in [6, 6.07) is 101. The van der Waals surface area contributed by atoms with Crippen LogP contribution in [0.2, 0.25) is 0 Å². The fourth-order valence-corrected chi connectivity index (χ4v) is 11.5. The van der Waals surface area contributed by atoms with Crippen molar-refractivity contribution < 1.29 is 0 Å². The number of benzene rings is 12. The van der Waals surface area contributed by atoms with Crippen LogP contribution in [0.5, 0.6) is 0 Å². The molecular weight excluding hydrogens is 819 g/mol. The largest absolute Gasteiger partial charge is 0.309 e. The molecule has 0 fully saturated rings. The van der Waals surface area contributed by atoms with Crippen molar-refractivity contribution in [3.8, 4) is 44.5 Å². The first kappa shape index (κ1) is 39.6. The van der Waals surface area contributed by atoms with Crippen LogP contribution in [-0.4, -0.2) is 0 Å². The van der Waals surface area contributed by atoms with Gasteiger partial charge in [-0.05, 0) is 107 Å². The van der Waals surface area contributed by atoms with Crippen molar-refractivity contribution in [1.29, 1.82) is 0 Å². The number of anilines is 3. The van der Waals surface area contributed by atoms with Gasteiger partial charge in [-0.25, -0.2) is 0 Å². The predicted octanol–water partition coefficient (Wildman–Crippen LogP) is 18.0. The fourth-order valence-electron chi connectivity index (χ4n) is 11.5. The summed E-state index contributed by atoms with van der Waals surface area (Å²) in [4.78, 5) is 2.57. The molecule has 0 bridgehead atoms. The molecule has 1 nitrogen and oxygen atoms in total. The molecule has 0 spiro atoms. The summed E-state index contributed by atoms with van der Waals surface area (Å²) in [6.07, 6.45) is 0. The van der Waals surface area contributed by atoms with Gasteiger partial charge in [0.05, 0.1) is 16.8 Å². The standard InChI is InChI=1S/C67H45N/c1-4-22-47(23-5-1)55-33-17-19-41-64(55)68(52-42-43-63-61(45-52)58-36-16-18-40-62(58)67(63,50-28-6-2-7-29-50)51-30-8-3-9-31-51)66-60-38-15-13-35-57(60)56-34-12-14-37-59(56)65(66)49-27-20-26-48(44-49)54-39-21-25-46-24-10-11-32-53(46)54/h1-45H. The summed E-state index contributed by atoms with van der Waals surface area (Å²) >= 11 is 0. The highest BCUT2D eigenvalue weighted by atomic mass is 15.1. The second kappa shape index (κ2) is 16.3. The minimum absolute atomic E-state index is 0.511. The third kappa shape index (κ3) is 6.17. The highest BCUT2D eigenvalue weighted by Gasteiger charge is 2.46. The van der Waals surface area contributed by atoms with Crippen molar-refractivity contribution >= 4 is 49.4 Å². The van der Waals surface area contributed by atoms with Crippen LogP contribution in [0.1, 0.15) is 22.3 Å². The topological polar surface area (TPSA) is 3.24 Å². The highest BCUT2D eigenvalue weighted by Crippen LogP contribution is 2.58. The lowest BCUT2D eigenvalue weighted by Gasteiger charge is -2.35. The molecule has 1 aliphatic rings. The van der Waals surface area contributed by atoms with E-state index in [9.17, 15) is 0 Å². The van der Waals surface area contributed by atoms with Crippen molar-refractivity contribution in [3.63, 3.8) is 0 Å². The Hall–Kier alpha value is -8.78. The van der Waals surface area contributed by atoms with Crippen LogP contribution < -0.4 is 4.90 Å². The van der Waals surface area contributed by atoms with Gasteiger partial charge in [0.2, 0.25) is 0 Å². The maximum Gasteiger partial charge on any atom is 0.0713 e. The monoisotopic (exact) mass is 863 g/mol. The lowest BCUT2D eigenvalue weighted by Crippen LogP contribution is -2.28. The van der Waals surface area contributed by atoms with Crippen LogP contribution in [0, 0.1) is 0 Å². The zero-order chi connectivity index (χ0) is 45.0. The number of fused-ring (bicyclic) bond motifs is 7. The van der Waals surface area contributed by atoms with Crippen LogP contribution in [0.4, 0.5) is 17.1 Å². The third-order valence-corrected chi connectivity index (χ3v) is 14.3. The lowest BCUT2D eigenvalue weighted by molar-refractivity contribution is 0.768. The summed E-state index contributed by atoms with van der Waals surface area (Å²) in [7, 11) is 0. The third-order valence-electron chi connectivity index (χ3n) is 14.3. The molecule has 0 atom stereocenters. The first-order valence-electron chi connectivity index (χ1n) is 23.6. The van der Waals surface area contributed by atoms with E-state index in [1.807, 2.05) is 0 Å². The molecule has 1 aliphatic carbocycles. The average Bonchev–Trinajstić information content (AvgIpc) is 3.72. The van der Waals surface area contributed by atoms with Gasteiger partial charge in [0.15, 0.2) is 0 Å². The molecule has 0 N–H and O–H groups in total. The smallest absolute Gasteiger partial charge is 0.0713 e. The van der Waals surface area contributed by atoms with Crippen molar-refractivity contribution in [1.82, 2.24) is 0 Å². The maximum absolute atomic E-state index is 2.57. The highest BCUT2D eigenvalue weighted by molar-refractivity contribution is 6.23. The van der Waals surface area contributed by atoms with E-state index < -0.39 is 5.41 Å². The number of para-hydroxylation sites is 1. The molecule has 12 aromatic carbocycles. The van der Waals surface area contributed by atoms with E-state index in [1.54, 1.807) is 0 Å². The van der Waals surface area contributed by atoms with Crippen LogP contribution >= 0.6 is 0 Å². The van der Waals surface area contributed by atoms with Gasteiger partial charge < -0.3 is 4.90 Å². The number of hydrogen-bond acceptors (Lipinski definition) is 1. The van der Waals surface area contributed by atoms with E-state index in [4.69, 9.17) is 0 Å². The van der Waals surface area contributed by atoms with E-state index in [2.05, 4.69) is 278 Å². The van der Waals surface area contributed by atoms with E-state index in [0.717, 1.165) is 33.8 Å². The SMILES string of the molecule is c1ccc(-c2ccccc2N(c2ccc3c(c2)-c2ccccc2C3(c2ccccc2)c2ccccc2)c2c(-c3cccc(-c4cccc5ccccc45)c3)c3ccccc3c3ccccc23)cc1. The molecule has 0 aromatic heterocycles. The van der Waals surface area contributed by atoms with E-state index in [1.165, 1.54) is 82.4 Å². The van der Waals surface area contributed by atoms with E-state index in [-0.39, 0.29) is 0 Å².